The molecule has 0 fully saturated rings. The summed E-state index contributed by atoms with van der Waals surface area (Å²) in [7, 11) is 0. The Kier molecular flexibility index (Phi) is 4.55. The van der Waals surface area contributed by atoms with Crippen LogP contribution in [0, 0.1) is 5.82 Å². The Bertz CT molecular complexity index is 850. The van der Waals surface area contributed by atoms with Gasteiger partial charge in [-0.05, 0) is 36.4 Å². The van der Waals surface area contributed by atoms with Gasteiger partial charge >= 0.3 is 0 Å². The van der Waals surface area contributed by atoms with Gasteiger partial charge in [0.15, 0.2) is 0 Å². The highest BCUT2D eigenvalue weighted by Crippen LogP contribution is 2.38. The number of halogens is 2. The molecule has 2 aromatic carbocycles. The number of benzene rings is 2. The molecule has 24 heavy (non-hydrogen) atoms. The molecule has 0 aliphatic carbocycles. The van der Waals surface area contributed by atoms with E-state index in [1.54, 1.807) is 6.07 Å². The van der Waals surface area contributed by atoms with Crippen molar-refractivity contribution in [2.24, 2.45) is 5.73 Å². The van der Waals surface area contributed by atoms with Gasteiger partial charge in [-0.25, -0.2) is 4.39 Å². The summed E-state index contributed by atoms with van der Waals surface area (Å²) < 4.78 is 15.2. The second-order valence-corrected chi connectivity index (χ2v) is 6.26. The maximum atomic E-state index is 14.4. The van der Waals surface area contributed by atoms with E-state index in [2.05, 4.69) is 26.6 Å². The minimum absolute atomic E-state index is 0.237. The summed E-state index contributed by atoms with van der Waals surface area (Å²) in [5, 5.41) is 5.86. The standard InChI is InChI=1S/C17H16BrFN4O/c18-9-1-4-14-12(7-9)15(17(24)23-14)16(22-6-5-20)11-8-10(21)2-3-13(11)19/h1-4,7-8,22H,5-6,20-21H2,(H,23,24)/b16-15-. The van der Waals surface area contributed by atoms with Crippen molar-refractivity contribution in [2.75, 3.05) is 24.1 Å². The molecular formula is C17H16BrFN4O. The van der Waals surface area contributed by atoms with Gasteiger partial charge in [-0.15, -0.1) is 0 Å². The normalized spacial score (nSPS) is 15.0. The lowest BCUT2D eigenvalue weighted by Gasteiger charge is -2.15. The molecule has 0 unspecified atom stereocenters. The molecule has 1 amide bonds. The predicted octanol–water partition coefficient (Wildman–Crippen LogP) is 2.54. The third-order valence-corrected chi connectivity index (χ3v) is 4.18. The molecule has 2 aromatic rings. The van der Waals surface area contributed by atoms with E-state index in [9.17, 15) is 9.18 Å². The lowest BCUT2D eigenvalue weighted by Crippen LogP contribution is -2.24. The number of anilines is 2. The van der Waals surface area contributed by atoms with Crippen molar-refractivity contribution in [2.45, 2.75) is 0 Å². The van der Waals surface area contributed by atoms with Gasteiger partial charge in [0.25, 0.3) is 5.91 Å². The fourth-order valence-corrected chi connectivity index (χ4v) is 3.00. The SMILES string of the molecule is NCCN/C(=C1\C(=O)Nc2ccc(Br)cc21)c1cc(N)ccc1F. The third kappa shape index (κ3) is 3.00. The quantitative estimate of drug-likeness (QED) is 0.476. The lowest BCUT2D eigenvalue weighted by molar-refractivity contribution is -0.110. The molecule has 3 rings (SSSR count). The van der Waals surface area contributed by atoms with Crippen LogP contribution >= 0.6 is 15.9 Å². The van der Waals surface area contributed by atoms with E-state index >= 15 is 0 Å². The Labute approximate surface area is 147 Å². The number of carbonyl (C=O) groups excluding carboxylic acids is 1. The molecule has 0 saturated heterocycles. The number of carbonyl (C=O) groups is 1. The Morgan fingerprint density at radius 2 is 2.04 bits per heavy atom. The number of nitrogen functional groups attached to an aromatic ring is 1. The van der Waals surface area contributed by atoms with Gasteiger partial charge in [0.1, 0.15) is 5.82 Å². The first kappa shape index (κ1) is 16.5. The van der Waals surface area contributed by atoms with Crippen LogP contribution in [0.15, 0.2) is 40.9 Å². The molecule has 1 heterocycles. The van der Waals surface area contributed by atoms with Crippen LogP contribution in [0.4, 0.5) is 15.8 Å². The minimum atomic E-state index is -0.465. The molecule has 1 aliphatic heterocycles. The van der Waals surface area contributed by atoms with Gasteiger partial charge in [-0.3, -0.25) is 4.79 Å². The summed E-state index contributed by atoms with van der Waals surface area (Å²) in [6, 6.07) is 9.70. The number of hydrogen-bond donors (Lipinski definition) is 4. The van der Waals surface area contributed by atoms with E-state index in [4.69, 9.17) is 11.5 Å². The van der Waals surface area contributed by atoms with Crippen LogP contribution in [0.1, 0.15) is 11.1 Å². The topological polar surface area (TPSA) is 93.2 Å². The Hall–Kier alpha value is -2.38. The molecule has 0 spiro atoms. The zero-order valence-corrected chi connectivity index (χ0v) is 14.3. The third-order valence-electron chi connectivity index (χ3n) is 3.68. The van der Waals surface area contributed by atoms with E-state index in [1.165, 1.54) is 18.2 Å². The highest BCUT2D eigenvalue weighted by atomic mass is 79.9. The molecule has 5 nitrogen and oxygen atoms in total. The van der Waals surface area contributed by atoms with Crippen molar-refractivity contribution in [3.63, 3.8) is 0 Å². The zero-order valence-electron chi connectivity index (χ0n) is 12.7. The molecule has 7 heteroatoms. The van der Waals surface area contributed by atoms with Crippen molar-refractivity contribution in [1.82, 2.24) is 5.32 Å². The van der Waals surface area contributed by atoms with Crippen LogP contribution in [0.25, 0.3) is 11.3 Å². The number of hydrogen-bond acceptors (Lipinski definition) is 4. The van der Waals surface area contributed by atoms with Crippen molar-refractivity contribution < 1.29 is 9.18 Å². The summed E-state index contributed by atoms with van der Waals surface area (Å²) in [5.41, 5.74) is 14.1. The first-order valence-electron chi connectivity index (χ1n) is 7.36. The summed E-state index contributed by atoms with van der Waals surface area (Å²) in [4.78, 5) is 12.5. The van der Waals surface area contributed by atoms with Crippen LogP contribution < -0.4 is 22.1 Å². The Morgan fingerprint density at radius 3 is 2.79 bits per heavy atom. The molecule has 0 atom stereocenters. The highest BCUT2D eigenvalue weighted by Gasteiger charge is 2.29. The first-order chi connectivity index (χ1) is 11.5. The van der Waals surface area contributed by atoms with Crippen LogP contribution in [0.5, 0.6) is 0 Å². The number of nitrogens with one attached hydrogen (secondary N) is 2. The number of nitrogens with two attached hydrogens (primary N) is 2. The summed E-state index contributed by atoms with van der Waals surface area (Å²) in [5.74, 6) is -0.767. The summed E-state index contributed by atoms with van der Waals surface area (Å²) in [6.45, 7) is 0.733. The number of rotatable bonds is 4. The fraction of sp³-hybridized carbons (Fsp3) is 0.118. The fourth-order valence-electron chi connectivity index (χ4n) is 2.64. The molecule has 0 radical (unpaired) electrons. The van der Waals surface area contributed by atoms with E-state index in [0.29, 0.717) is 41.3 Å². The largest absolute Gasteiger partial charge is 0.399 e. The van der Waals surface area contributed by atoms with Crippen molar-refractivity contribution in [3.05, 3.63) is 57.8 Å². The maximum Gasteiger partial charge on any atom is 0.258 e. The Balaban J connectivity index is 2.25. The van der Waals surface area contributed by atoms with Gasteiger partial charge in [-0.1, -0.05) is 15.9 Å². The van der Waals surface area contributed by atoms with E-state index in [-0.39, 0.29) is 11.5 Å². The van der Waals surface area contributed by atoms with Crippen molar-refractivity contribution >= 4 is 44.5 Å². The number of fused-ring (bicyclic) bond motifs is 1. The van der Waals surface area contributed by atoms with Crippen LogP contribution in [0.2, 0.25) is 0 Å². The second-order valence-electron chi connectivity index (χ2n) is 5.35. The van der Waals surface area contributed by atoms with E-state index < -0.39 is 5.82 Å². The van der Waals surface area contributed by atoms with Crippen molar-refractivity contribution in [3.8, 4) is 0 Å². The molecule has 124 valence electrons. The lowest BCUT2D eigenvalue weighted by atomic mass is 9.99. The van der Waals surface area contributed by atoms with Gasteiger partial charge < -0.3 is 22.1 Å². The van der Waals surface area contributed by atoms with Crippen LogP contribution in [-0.2, 0) is 4.79 Å². The molecule has 6 N–H and O–H groups in total. The highest BCUT2D eigenvalue weighted by molar-refractivity contribution is 9.10. The van der Waals surface area contributed by atoms with Crippen LogP contribution in [-0.4, -0.2) is 19.0 Å². The number of amides is 1. The first-order valence-corrected chi connectivity index (χ1v) is 8.15. The maximum absolute atomic E-state index is 14.4. The second kappa shape index (κ2) is 6.62. The van der Waals surface area contributed by atoms with Gasteiger partial charge in [0.2, 0.25) is 0 Å². The average molecular weight is 391 g/mol. The average Bonchev–Trinajstić information content (AvgIpc) is 2.87. The molecule has 0 saturated carbocycles. The van der Waals surface area contributed by atoms with Gasteiger partial charge in [-0.2, -0.15) is 0 Å². The summed E-state index contributed by atoms with van der Waals surface area (Å²) in [6.07, 6.45) is 0. The predicted molar refractivity (Wildman–Crippen MR) is 97.5 cm³/mol. The zero-order chi connectivity index (χ0) is 17.3. The van der Waals surface area contributed by atoms with Crippen molar-refractivity contribution in [1.29, 1.82) is 0 Å². The van der Waals surface area contributed by atoms with E-state index in [1.807, 2.05) is 12.1 Å². The van der Waals surface area contributed by atoms with Gasteiger partial charge in [0, 0.05) is 40.1 Å². The minimum Gasteiger partial charge on any atom is -0.399 e. The Morgan fingerprint density at radius 1 is 1.25 bits per heavy atom. The molecular weight excluding hydrogens is 375 g/mol. The molecule has 0 bridgehead atoms. The van der Waals surface area contributed by atoms with Crippen LogP contribution in [0.3, 0.4) is 0 Å². The monoisotopic (exact) mass is 390 g/mol. The molecule has 1 aliphatic rings. The van der Waals surface area contributed by atoms with Gasteiger partial charge in [0.05, 0.1) is 11.3 Å². The smallest absolute Gasteiger partial charge is 0.258 e. The van der Waals surface area contributed by atoms with E-state index in [0.717, 1.165) is 4.47 Å². The molecule has 0 aromatic heterocycles. The summed E-state index contributed by atoms with van der Waals surface area (Å²) >= 11 is 3.40.